The molecule has 2 N–H and O–H groups in total. The van der Waals surface area contributed by atoms with Crippen molar-refractivity contribution in [3.63, 3.8) is 0 Å². The molecular weight excluding hydrogens is 373 g/mol. The summed E-state index contributed by atoms with van der Waals surface area (Å²) in [5.74, 6) is 0.596. The van der Waals surface area contributed by atoms with E-state index in [1.54, 1.807) is 18.2 Å². The summed E-state index contributed by atoms with van der Waals surface area (Å²) >= 11 is 12.1. The van der Waals surface area contributed by atoms with E-state index in [2.05, 4.69) is 15.5 Å². The lowest BCUT2D eigenvalue weighted by Gasteiger charge is -2.35. The van der Waals surface area contributed by atoms with Crippen molar-refractivity contribution < 1.29 is 9.59 Å². The molecule has 7 heteroatoms. The largest absolute Gasteiger partial charge is 0.356 e. The zero-order valence-electron chi connectivity index (χ0n) is 14.9. The van der Waals surface area contributed by atoms with Crippen LogP contribution in [0.2, 0.25) is 10.0 Å². The first-order valence-electron chi connectivity index (χ1n) is 9.22. The van der Waals surface area contributed by atoms with Crippen LogP contribution in [0.15, 0.2) is 18.2 Å². The fourth-order valence-electron chi connectivity index (χ4n) is 3.29. The molecule has 1 saturated carbocycles. The Kier molecular flexibility index (Phi) is 6.43. The Morgan fingerprint density at radius 2 is 2.04 bits per heavy atom. The summed E-state index contributed by atoms with van der Waals surface area (Å²) in [6.45, 7) is 4.07. The highest BCUT2D eigenvalue weighted by molar-refractivity contribution is 6.44. The van der Waals surface area contributed by atoms with Gasteiger partial charge >= 0.3 is 0 Å². The van der Waals surface area contributed by atoms with Gasteiger partial charge in [-0.05, 0) is 57.2 Å². The third kappa shape index (κ3) is 4.90. The predicted octanol–water partition coefficient (Wildman–Crippen LogP) is 3.56. The van der Waals surface area contributed by atoms with Crippen LogP contribution in [0.1, 0.15) is 32.6 Å². The zero-order chi connectivity index (χ0) is 18.7. The molecule has 0 radical (unpaired) electrons. The van der Waals surface area contributed by atoms with Crippen LogP contribution in [0.3, 0.4) is 0 Å². The van der Waals surface area contributed by atoms with Crippen molar-refractivity contribution >= 4 is 40.7 Å². The number of rotatable bonds is 6. The lowest BCUT2D eigenvalue weighted by molar-refractivity contribution is -0.129. The minimum Gasteiger partial charge on any atom is -0.356 e. The van der Waals surface area contributed by atoms with E-state index in [1.165, 1.54) is 12.8 Å². The Labute approximate surface area is 164 Å². The minimum absolute atomic E-state index is 0.0486. The van der Waals surface area contributed by atoms with Crippen molar-refractivity contribution in [2.75, 3.05) is 25.0 Å². The van der Waals surface area contributed by atoms with Gasteiger partial charge in [-0.1, -0.05) is 29.3 Å². The van der Waals surface area contributed by atoms with Crippen LogP contribution in [0.25, 0.3) is 0 Å². The van der Waals surface area contributed by atoms with Gasteiger partial charge in [-0.15, -0.1) is 0 Å². The van der Waals surface area contributed by atoms with E-state index < -0.39 is 0 Å². The average molecular weight is 398 g/mol. The summed E-state index contributed by atoms with van der Waals surface area (Å²) < 4.78 is 0. The van der Waals surface area contributed by atoms with E-state index in [9.17, 15) is 9.59 Å². The molecule has 2 fully saturated rings. The number of nitrogens with one attached hydrogen (secondary N) is 2. The number of halogens is 2. The molecule has 0 aromatic heterocycles. The highest BCUT2D eigenvalue weighted by Gasteiger charge is 2.32. The van der Waals surface area contributed by atoms with Crippen molar-refractivity contribution in [2.24, 2.45) is 11.8 Å². The van der Waals surface area contributed by atoms with Crippen LogP contribution in [-0.2, 0) is 9.59 Å². The highest BCUT2D eigenvalue weighted by Crippen LogP contribution is 2.30. The van der Waals surface area contributed by atoms with E-state index in [-0.39, 0.29) is 23.8 Å². The third-order valence-corrected chi connectivity index (χ3v) is 6.04. The second kappa shape index (κ2) is 8.59. The molecule has 2 aliphatic rings. The van der Waals surface area contributed by atoms with E-state index in [4.69, 9.17) is 23.2 Å². The van der Waals surface area contributed by atoms with Gasteiger partial charge in [0.25, 0.3) is 0 Å². The van der Waals surface area contributed by atoms with Gasteiger partial charge in [0.2, 0.25) is 11.8 Å². The van der Waals surface area contributed by atoms with E-state index in [0.29, 0.717) is 28.2 Å². The number of anilines is 1. The van der Waals surface area contributed by atoms with Crippen molar-refractivity contribution in [2.45, 2.75) is 38.6 Å². The molecule has 5 nitrogen and oxygen atoms in total. The number of hydrogen-bond donors (Lipinski definition) is 2. The number of carbonyl (C=O) groups excluding carboxylic acids is 2. The van der Waals surface area contributed by atoms with Gasteiger partial charge in [-0.2, -0.15) is 0 Å². The molecule has 0 unspecified atom stereocenters. The van der Waals surface area contributed by atoms with Crippen LogP contribution in [-0.4, -0.2) is 42.4 Å². The number of hydrogen-bond acceptors (Lipinski definition) is 3. The van der Waals surface area contributed by atoms with Gasteiger partial charge in [0, 0.05) is 13.1 Å². The smallest absolute Gasteiger partial charge is 0.241 e. The summed E-state index contributed by atoms with van der Waals surface area (Å²) in [5, 5.41) is 6.64. The summed E-state index contributed by atoms with van der Waals surface area (Å²) in [5.41, 5.74) is 0.506. The first kappa shape index (κ1) is 19.5. The standard InChI is InChI=1S/C19H25Cl2N3O2/c1-12(18(25)23-16-6-2-5-15(20)17(16)21)24-9-3-4-14(11-24)19(26)22-10-13-7-8-13/h2,5-6,12-14H,3-4,7-11H2,1H3,(H,22,26)(H,23,25)/t12-,14+/m1/s1. The summed E-state index contributed by atoms with van der Waals surface area (Å²) in [4.78, 5) is 27.1. The van der Waals surface area contributed by atoms with E-state index >= 15 is 0 Å². The molecule has 1 saturated heterocycles. The Hall–Kier alpha value is -1.30. The number of benzene rings is 1. The Bertz CT molecular complexity index is 679. The highest BCUT2D eigenvalue weighted by atomic mass is 35.5. The summed E-state index contributed by atoms with van der Waals surface area (Å²) in [7, 11) is 0. The quantitative estimate of drug-likeness (QED) is 0.771. The van der Waals surface area contributed by atoms with E-state index in [1.807, 2.05) is 6.92 Å². The number of amides is 2. The monoisotopic (exact) mass is 397 g/mol. The third-order valence-electron chi connectivity index (χ3n) is 5.22. The van der Waals surface area contributed by atoms with Gasteiger partial charge in [0.05, 0.1) is 27.7 Å². The lowest BCUT2D eigenvalue weighted by Crippen LogP contribution is -2.50. The second-order valence-electron chi connectivity index (χ2n) is 7.29. The second-order valence-corrected chi connectivity index (χ2v) is 8.07. The molecule has 1 heterocycles. The van der Waals surface area contributed by atoms with Crippen molar-refractivity contribution in [3.05, 3.63) is 28.2 Å². The van der Waals surface area contributed by atoms with Crippen LogP contribution in [0.5, 0.6) is 0 Å². The maximum Gasteiger partial charge on any atom is 0.241 e. The number of nitrogens with zero attached hydrogens (tertiary/aromatic N) is 1. The van der Waals surface area contributed by atoms with Crippen LogP contribution in [0, 0.1) is 11.8 Å². The SMILES string of the molecule is C[C@H](C(=O)Nc1cccc(Cl)c1Cl)N1CCC[C@H](C(=O)NCC2CC2)C1. The first-order valence-corrected chi connectivity index (χ1v) is 9.98. The molecule has 1 aliphatic carbocycles. The van der Waals surface area contributed by atoms with Gasteiger partial charge in [0.1, 0.15) is 0 Å². The van der Waals surface area contributed by atoms with Crippen molar-refractivity contribution in [1.29, 1.82) is 0 Å². The fourth-order valence-corrected chi connectivity index (χ4v) is 3.63. The van der Waals surface area contributed by atoms with Gasteiger partial charge in [0.15, 0.2) is 0 Å². The molecule has 26 heavy (non-hydrogen) atoms. The molecule has 142 valence electrons. The fraction of sp³-hybridized carbons (Fsp3) is 0.579. The van der Waals surface area contributed by atoms with Gasteiger partial charge < -0.3 is 10.6 Å². The van der Waals surface area contributed by atoms with Crippen LogP contribution in [0.4, 0.5) is 5.69 Å². The number of piperidine rings is 1. The Morgan fingerprint density at radius 1 is 1.27 bits per heavy atom. The molecule has 1 aromatic rings. The predicted molar refractivity (Wildman–Crippen MR) is 105 cm³/mol. The Morgan fingerprint density at radius 3 is 2.77 bits per heavy atom. The molecule has 1 aliphatic heterocycles. The maximum absolute atomic E-state index is 12.6. The molecule has 0 spiro atoms. The average Bonchev–Trinajstić information content (AvgIpc) is 3.47. The summed E-state index contributed by atoms with van der Waals surface area (Å²) in [6.07, 6.45) is 4.24. The van der Waals surface area contributed by atoms with Gasteiger partial charge in [-0.25, -0.2) is 0 Å². The lowest BCUT2D eigenvalue weighted by atomic mass is 9.95. The number of carbonyl (C=O) groups is 2. The van der Waals surface area contributed by atoms with E-state index in [0.717, 1.165) is 25.9 Å². The maximum atomic E-state index is 12.6. The Balaban J connectivity index is 1.55. The van der Waals surface area contributed by atoms with Crippen LogP contribution < -0.4 is 10.6 Å². The van der Waals surface area contributed by atoms with Gasteiger partial charge in [-0.3, -0.25) is 14.5 Å². The van der Waals surface area contributed by atoms with Crippen molar-refractivity contribution in [1.82, 2.24) is 10.2 Å². The topological polar surface area (TPSA) is 61.4 Å². The number of likely N-dealkylation sites (tertiary alicyclic amines) is 1. The molecule has 2 amide bonds. The first-order chi connectivity index (χ1) is 12.5. The van der Waals surface area contributed by atoms with Crippen LogP contribution >= 0.6 is 23.2 Å². The molecular formula is C19H25Cl2N3O2. The zero-order valence-corrected chi connectivity index (χ0v) is 16.4. The molecule has 2 atom stereocenters. The minimum atomic E-state index is -0.343. The van der Waals surface area contributed by atoms with Crippen molar-refractivity contribution in [3.8, 4) is 0 Å². The normalized spacial score (nSPS) is 21.9. The molecule has 0 bridgehead atoms. The molecule has 3 rings (SSSR count). The summed E-state index contributed by atoms with van der Waals surface area (Å²) in [6, 6.07) is 4.81. The molecule has 1 aromatic carbocycles.